The Morgan fingerprint density at radius 3 is 2.44 bits per heavy atom. The summed E-state index contributed by atoms with van der Waals surface area (Å²) in [5, 5.41) is 14.0. The van der Waals surface area contributed by atoms with Gasteiger partial charge in [0.15, 0.2) is 11.6 Å². The third-order valence-corrected chi connectivity index (χ3v) is 2.77. The number of nitrogens with two attached hydrogens (primary N) is 1. The quantitative estimate of drug-likeness (QED) is 0.675. The Hall–Kier alpha value is -1.89. The molecule has 1 heterocycles. The van der Waals surface area contributed by atoms with Gasteiger partial charge in [-0.1, -0.05) is 5.16 Å². The zero-order valence-electron chi connectivity index (χ0n) is 7.88. The van der Waals surface area contributed by atoms with Crippen LogP contribution in [0.2, 0.25) is 0 Å². The Morgan fingerprint density at radius 2 is 2.00 bits per heavy atom. The SMILES string of the molecule is Nc1noc(-c2ccc([N+](=O)[O-])cc2)c1Br. The van der Waals surface area contributed by atoms with E-state index in [-0.39, 0.29) is 11.5 Å². The number of aromatic nitrogens is 1. The van der Waals surface area contributed by atoms with Crippen molar-refractivity contribution < 1.29 is 9.45 Å². The molecule has 2 rings (SSSR count). The lowest BCUT2D eigenvalue weighted by Gasteiger charge is -1.96. The summed E-state index contributed by atoms with van der Waals surface area (Å²) in [6.45, 7) is 0. The van der Waals surface area contributed by atoms with Gasteiger partial charge in [-0.25, -0.2) is 0 Å². The molecule has 0 saturated heterocycles. The number of nitrogens with zero attached hydrogens (tertiary/aromatic N) is 2. The third kappa shape index (κ3) is 1.76. The molecule has 16 heavy (non-hydrogen) atoms. The highest BCUT2D eigenvalue weighted by Crippen LogP contribution is 2.33. The van der Waals surface area contributed by atoms with Gasteiger partial charge >= 0.3 is 0 Å². The molecule has 0 amide bonds. The summed E-state index contributed by atoms with van der Waals surface area (Å²) in [5.41, 5.74) is 6.19. The lowest BCUT2D eigenvalue weighted by Crippen LogP contribution is -1.87. The molecule has 1 aromatic heterocycles. The smallest absolute Gasteiger partial charge is 0.269 e. The minimum atomic E-state index is -0.465. The lowest BCUT2D eigenvalue weighted by atomic mass is 10.1. The van der Waals surface area contributed by atoms with E-state index < -0.39 is 4.92 Å². The van der Waals surface area contributed by atoms with Gasteiger partial charge in [0.2, 0.25) is 0 Å². The fourth-order valence-corrected chi connectivity index (χ4v) is 1.58. The first-order valence-corrected chi connectivity index (χ1v) is 5.04. The standard InChI is InChI=1S/C9H6BrN3O3/c10-7-8(16-12-9(7)11)5-1-3-6(4-2-5)13(14)15/h1-4H,(H2,11,12). The number of anilines is 1. The van der Waals surface area contributed by atoms with Crippen LogP contribution in [0.25, 0.3) is 11.3 Å². The van der Waals surface area contributed by atoms with Crippen molar-refractivity contribution in [3.05, 3.63) is 38.9 Å². The zero-order chi connectivity index (χ0) is 11.7. The van der Waals surface area contributed by atoms with Crippen molar-refractivity contribution in [2.24, 2.45) is 0 Å². The molecule has 0 radical (unpaired) electrons. The number of benzene rings is 1. The number of halogens is 1. The minimum absolute atomic E-state index is 0.0207. The molecule has 6 nitrogen and oxygen atoms in total. The van der Waals surface area contributed by atoms with Gasteiger partial charge in [-0.3, -0.25) is 10.1 Å². The first-order chi connectivity index (χ1) is 7.59. The van der Waals surface area contributed by atoms with Crippen molar-refractivity contribution in [2.75, 3.05) is 5.73 Å². The number of nitrogen functional groups attached to an aromatic ring is 1. The van der Waals surface area contributed by atoms with E-state index in [9.17, 15) is 10.1 Å². The van der Waals surface area contributed by atoms with E-state index in [0.29, 0.717) is 15.8 Å². The second kappa shape index (κ2) is 3.93. The number of nitro groups is 1. The predicted octanol–water partition coefficient (Wildman–Crippen LogP) is 2.59. The molecule has 0 bridgehead atoms. The van der Waals surface area contributed by atoms with Crippen molar-refractivity contribution in [3.63, 3.8) is 0 Å². The number of hydrogen-bond donors (Lipinski definition) is 1. The normalized spacial score (nSPS) is 10.3. The van der Waals surface area contributed by atoms with Gasteiger partial charge < -0.3 is 10.3 Å². The maximum absolute atomic E-state index is 10.5. The van der Waals surface area contributed by atoms with Crippen molar-refractivity contribution in [3.8, 4) is 11.3 Å². The predicted molar refractivity (Wildman–Crippen MR) is 60.7 cm³/mol. The molecule has 2 N–H and O–H groups in total. The van der Waals surface area contributed by atoms with Crippen LogP contribution in [0.3, 0.4) is 0 Å². The Balaban J connectivity index is 2.42. The van der Waals surface area contributed by atoms with Gasteiger partial charge in [0.1, 0.15) is 4.47 Å². The average molecular weight is 284 g/mol. The van der Waals surface area contributed by atoms with Gasteiger partial charge in [0.25, 0.3) is 5.69 Å². The van der Waals surface area contributed by atoms with Gasteiger partial charge in [0.05, 0.1) is 4.92 Å². The zero-order valence-corrected chi connectivity index (χ0v) is 9.47. The molecule has 0 atom stereocenters. The van der Waals surface area contributed by atoms with Crippen molar-refractivity contribution in [2.45, 2.75) is 0 Å². The molecule has 0 aliphatic rings. The fourth-order valence-electron chi connectivity index (χ4n) is 1.21. The molecule has 82 valence electrons. The molecule has 0 unspecified atom stereocenters. The first-order valence-electron chi connectivity index (χ1n) is 4.25. The number of hydrogen-bond acceptors (Lipinski definition) is 5. The number of rotatable bonds is 2. The molecule has 0 fully saturated rings. The first kappa shape index (κ1) is 10.6. The molecule has 0 aliphatic heterocycles. The Morgan fingerprint density at radius 1 is 1.38 bits per heavy atom. The van der Waals surface area contributed by atoms with Gasteiger partial charge in [-0.2, -0.15) is 0 Å². The monoisotopic (exact) mass is 283 g/mol. The summed E-state index contributed by atoms with van der Waals surface area (Å²) in [6.07, 6.45) is 0. The fraction of sp³-hybridized carbons (Fsp3) is 0. The minimum Gasteiger partial charge on any atom is -0.380 e. The third-order valence-electron chi connectivity index (χ3n) is 2.00. The Labute approximate surface area is 98.3 Å². The van der Waals surface area contributed by atoms with Crippen LogP contribution in [0, 0.1) is 10.1 Å². The van der Waals surface area contributed by atoms with E-state index >= 15 is 0 Å². The van der Waals surface area contributed by atoms with Gasteiger partial charge in [0, 0.05) is 17.7 Å². The largest absolute Gasteiger partial charge is 0.380 e. The van der Waals surface area contributed by atoms with E-state index in [1.807, 2.05) is 0 Å². The van der Waals surface area contributed by atoms with Crippen LogP contribution < -0.4 is 5.73 Å². The van der Waals surface area contributed by atoms with E-state index in [2.05, 4.69) is 21.1 Å². The maximum Gasteiger partial charge on any atom is 0.269 e. The van der Waals surface area contributed by atoms with Gasteiger partial charge in [-0.05, 0) is 28.1 Å². The maximum atomic E-state index is 10.5. The molecule has 0 aliphatic carbocycles. The van der Waals surface area contributed by atoms with E-state index in [0.717, 1.165) is 0 Å². The summed E-state index contributed by atoms with van der Waals surface area (Å²) < 4.78 is 5.53. The average Bonchev–Trinajstić information content (AvgIpc) is 2.60. The second-order valence-electron chi connectivity index (χ2n) is 3.01. The Kier molecular flexibility index (Phi) is 2.61. The second-order valence-corrected chi connectivity index (χ2v) is 3.81. The molecule has 0 saturated carbocycles. The number of non-ortho nitro benzene ring substituents is 1. The summed E-state index contributed by atoms with van der Waals surface area (Å²) in [6, 6.07) is 5.92. The molecule has 7 heteroatoms. The van der Waals surface area contributed by atoms with Crippen LogP contribution in [-0.2, 0) is 0 Å². The van der Waals surface area contributed by atoms with Crippen LogP contribution in [0.5, 0.6) is 0 Å². The van der Waals surface area contributed by atoms with Crippen molar-refractivity contribution in [1.29, 1.82) is 0 Å². The molecule has 2 aromatic rings. The van der Waals surface area contributed by atoms with Crippen molar-refractivity contribution >= 4 is 27.4 Å². The Bertz CT molecular complexity index is 535. The van der Waals surface area contributed by atoms with Crippen LogP contribution in [0.15, 0.2) is 33.3 Å². The van der Waals surface area contributed by atoms with Crippen molar-refractivity contribution in [1.82, 2.24) is 5.16 Å². The molecule has 0 spiro atoms. The van der Waals surface area contributed by atoms with E-state index in [1.54, 1.807) is 12.1 Å². The van der Waals surface area contributed by atoms with E-state index in [4.69, 9.17) is 10.3 Å². The van der Waals surface area contributed by atoms with Crippen LogP contribution in [0.1, 0.15) is 0 Å². The van der Waals surface area contributed by atoms with Crippen LogP contribution in [-0.4, -0.2) is 10.1 Å². The summed E-state index contributed by atoms with van der Waals surface area (Å²) >= 11 is 3.22. The van der Waals surface area contributed by atoms with Crippen LogP contribution in [0.4, 0.5) is 11.5 Å². The molecular formula is C9H6BrN3O3. The highest BCUT2D eigenvalue weighted by molar-refractivity contribution is 9.10. The highest BCUT2D eigenvalue weighted by atomic mass is 79.9. The summed E-state index contributed by atoms with van der Waals surface area (Å²) in [5.74, 6) is 0.695. The highest BCUT2D eigenvalue weighted by Gasteiger charge is 2.14. The summed E-state index contributed by atoms with van der Waals surface area (Å²) in [4.78, 5) is 10.00. The lowest BCUT2D eigenvalue weighted by molar-refractivity contribution is -0.384. The molecular weight excluding hydrogens is 278 g/mol. The van der Waals surface area contributed by atoms with Crippen LogP contribution >= 0.6 is 15.9 Å². The number of nitro benzene ring substituents is 1. The van der Waals surface area contributed by atoms with Gasteiger partial charge in [-0.15, -0.1) is 0 Å². The van der Waals surface area contributed by atoms with E-state index in [1.165, 1.54) is 12.1 Å². The topological polar surface area (TPSA) is 95.2 Å². The summed E-state index contributed by atoms with van der Waals surface area (Å²) in [7, 11) is 0. The molecule has 1 aromatic carbocycles.